The number of nitrogens with one attached hydrogen (secondary N) is 1. The third-order valence-corrected chi connectivity index (χ3v) is 4.92. The molecule has 1 aliphatic rings. The largest absolute Gasteiger partial charge is 0.355 e. The van der Waals surface area contributed by atoms with Crippen molar-refractivity contribution in [2.45, 2.75) is 32.6 Å². The second kappa shape index (κ2) is 10.8. The van der Waals surface area contributed by atoms with Crippen molar-refractivity contribution >= 4 is 35.8 Å². The SMILES string of the molecule is CC(C)C(C(=O)N1CCCC(C(=O)NCCN)C1)c1cccc(Cl)c1.Cl. The molecule has 7 heteroatoms. The predicted octanol–water partition coefficient (Wildman–Crippen LogP) is 2.81. The first-order chi connectivity index (χ1) is 11.9. The third kappa shape index (κ3) is 5.86. The summed E-state index contributed by atoms with van der Waals surface area (Å²) in [5, 5.41) is 3.47. The quantitative estimate of drug-likeness (QED) is 0.769. The lowest BCUT2D eigenvalue weighted by molar-refractivity contribution is -0.137. The molecule has 2 amide bonds. The number of halogens is 2. The lowest BCUT2D eigenvalue weighted by atomic mass is 9.86. The van der Waals surface area contributed by atoms with Gasteiger partial charge in [-0.25, -0.2) is 0 Å². The van der Waals surface area contributed by atoms with Gasteiger partial charge in [0.1, 0.15) is 0 Å². The molecule has 0 bridgehead atoms. The summed E-state index contributed by atoms with van der Waals surface area (Å²) in [6, 6.07) is 7.49. The molecule has 1 heterocycles. The van der Waals surface area contributed by atoms with E-state index in [0.717, 1.165) is 18.4 Å². The summed E-state index contributed by atoms with van der Waals surface area (Å²) in [5.41, 5.74) is 6.37. The zero-order chi connectivity index (χ0) is 18.4. The lowest BCUT2D eigenvalue weighted by Gasteiger charge is -2.35. The van der Waals surface area contributed by atoms with E-state index in [1.54, 1.807) is 0 Å². The zero-order valence-corrected chi connectivity index (χ0v) is 17.0. The minimum atomic E-state index is -0.246. The van der Waals surface area contributed by atoms with Crippen molar-refractivity contribution in [2.24, 2.45) is 17.6 Å². The first kappa shape index (κ1) is 22.7. The average Bonchev–Trinajstić information content (AvgIpc) is 2.59. The van der Waals surface area contributed by atoms with E-state index in [2.05, 4.69) is 5.32 Å². The van der Waals surface area contributed by atoms with Crippen molar-refractivity contribution in [2.75, 3.05) is 26.2 Å². The van der Waals surface area contributed by atoms with E-state index in [1.165, 1.54) is 0 Å². The van der Waals surface area contributed by atoms with Gasteiger partial charge in [-0.15, -0.1) is 12.4 Å². The summed E-state index contributed by atoms with van der Waals surface area (Å²) >= 11 is 6.11. The van der Waals surface area contributed by atoms with Gasteiger partial charge in [0.15, 0.2) is 0 Å². The van der Waals surface area contributed by atoms with Gasteiger partial charge in [0, 0.05) is 31.2 Å². The number of carbonyl (C=O) groups is 2. The maximum Gasteiger partial charge on any atom is 0.230 e. The molecule has 0 spiro atoms. The molecule has 2 unspecified atom stereocenters. The number of benzene rings is 1. The Morgan fingerprint density at radius 3 is 2.73 bits per heavy atom. The van der Waals surface area contributed by atoms with Crippen molar-refractivity contribution in [3.63, 3.8) is 0 Å². The van der Waals surface area contributed by atoms with E-state index in [1.807, 2.05) is 43.0 Å². The van der Waals surface area contributed by atoms with E-state index >= 15 is 0 Å². The third-order valence-electron chi connectivity index (χ3n) is 4.69. The molecular formula is C19H29Cl2N3O2. The molecule has 1 aliphatic heterocycles. The van der Waals surface area contributed by atoms with Crippen LogP contribution in [0.1, 0.15) is 38.2 Å². The highest BCUT2D eigenvalue weighted by molar-refractivity contribution is 6.30. The Labute approximate surface area is 167 Å². The van der Waals surface area contributed by atoms with Crippen LogP contribution < -0.4 is 11.1 Å². The molecule has 3 N–H and O–H groups in total. The van der Waals surface area contributed by atoms with Crippen LogP contribution in [0.3, 0.4) is 0 Å². The van der Waals surface area contributed by atoms with E-state index in [4.69, 9.17) is 17.3 Å². The number of nitrogens with zero attached hydrogens (tertiary/aromatic N) is 1. The van der Waals surface area contributed by atoms with Gasteiger partial charge in [0.05, 0.1) is 11.8 Å². The van der Waals surface area contributed by atoms with Crippen molar-refractivity contribution in [3.8, 4) is 0 Å². The lowest BCUT2D eigenvalue weighted by Crippen LogP contribution is -2.48. The van der Waals surface area contributed by atoms with Crippen LogP contribution in [0.25, 0.3) is 0 Å². The fourth-order valence-corrected chi connectivity index (χ4v) is 3.64. The Balaban J connectivity index is 0.00000338. The molecule has 0 aliphatic carbocycles. The monoisotopic (exact) mass is 401 g/mol. The number of likely N-dealkylation sites (tertiary alicyclic amines) is 1. The Hall–Kier alpha value is -1.30. The van der Waals surface area contributed by atoms with Crippen LogP contribution >= 0.6 is 24.0 Å². The van der Waals surface area contributed by atoms with Gasteiger partial charge in [-0.05, 0) is 36.5 Å². The van der Waals surface area contributed by atoms with E-state index in [-0.39, 0.29) is 42.0 Å². The van der Waals surface area contributed by atoms with Gasteiger partial charge >= 0.3 is 0 Å². The number of hydrogen-bond acceptors (Lipinski definition) is 3. The molecular weight excluding hydrogens is 373 g/mol. The second-order valence-electron chi connectivity index (χ2n) is 6.98. The van der Waals surface area contributed by atoms with E-state index in [9.17, 15) is 9.59 Å². The van der Waals surface area contributed by atoms with Crippen LogP contribution in [0.5, 0.6) is 0 Å². The van der Waals surface area contributed by atoms with Gasteiger partial charge < -0.3 is 16.0 Å². The maximum absolute atomic E-state index is 13.2. The Kier molecular flexibility index (Phi) is 9.41. The molecule has 0 aromatic heterocycles. The topological polar surface area (TPSA) is 75.4 Å². The summed E-state index contributed by atoms with van der Waals surface area (Å²) in [6.45, 7) is 6.14. The van der Waals surface area contributed by atoms with Crippen LogP contribution in [-0.4, -0.2) is 42.9 Å². The smallest absolute Gasteiger partial charge is 0.230 e. The van der Waals surface area contributed by atoms with Gasteiger partial charge in [-0.1, -0.05) is 37.6 Å². The van der Waals surface area contributed by atoms with Crippen LogP contribution in [0.4, 0.5) is 0 Å². The summed E-state index contributed by atoms with van der Waals surface area (Å²) in [5.74, 6) is -0.182. The summed E-state index contributed by atoms with van der Waals surface area (Å²) < 4.78 is 0. The average molecular weight is 402 g/mol. The van der Waals surface area contributed by atoms with Crippen LogP contribution in [0.15, 0.2) is 24.3 Å². The Morgan fingerprint density at radius 2 is 2.12 bits per heavy atom. The fourth-order valence-electron chi connectivity index (χ4n) is 3.44. The predicted molar refractivity (Wildman–Crippen MR) is 108 cm³/mol. The highest BCUT2D eigenvalue weighted by Crippen LogP contribution is 2.30. The minimum absolute atomic E-state index is 0. The summed E-state index contributed by atoms with van der Waals surface area (Å²) in [7, 11) is 0. The Bertz CT molecular complexity index is 610. The Morgan fingerprint density at radius 1 is 1.38 bits per heavy atom. The molecule has 1 aromatic carbocycles. The highest BCUT2D eigenvalue weighted by atomic mass is 35.5. The molecule has 1 aromatic rings. The molecule has 2 atom stereocenters. The molecule has 1 fully saturated rings. The number of hydrogen-bond donors (Lipinski definition) is 2. The number of amides is 2. The fraction of sp³-hybridized carbons (Fsp3) is 0.579. The molecule has 5 nitrogen and oxygen atoms in total. The number of rotatable bonds is 6. The summed E-state index contributed by atoms with van der Waals surface area (Å²) in [6.07, 6.45) is 1.65. The van der Waals surface area contributed by atoms with Crippen molar-refractivity contribution in [1.29, 1.82) is 0 Å². The molecule has 1 saturated heterocycles. The van der Waals surface area contributed by atoms with Crippen molar-refractivity contribution < 1.29 is 9.59 Å². The van der Waals surface area contributed by atoms with Crippen molar-refractivity contribution in [1.82, 2.24) is 10.2 Å². The molecule has 26 heavy (non-hydrogen) atoms. The maximum atomic E-state index is 13.2. The van der Waals surface area contributed by atoms with Crippen LogP contribution in [0.2, 0.25) is 5.02 Å². The van der Waals surface area contributed by atoms with Crippen LogP contribution in [0, 0.1) is 11.8 Å². The van der Waals surface area contributed by atoms with Gasteiger partial charge in [-0.2, -0.15) is 0 Å². The van der Waals surface area contributed by atoms with Crippen LogP contribution in [-0.2, 0) is 9.59 Å². The van der Waals surface area contributed by atoms with Gasteiger partial charge in [0.25, 0.3) is 0 Å². The highest BCUT2D eigenvalue weighted by Gasteiger charge is 2.33. The summed E-state index contributed by atoms with van der Waals surface area (Å²) in [4.78, 5) is 27.2. The number of carbonyl (C=O) groups excluding carboxylic acids is 2. The van der Waals surface area contributed by atoms with Gasteiger partial charge in [-0.3, -0.25) is 9.59 Å². The molecule has 0 saturated carbocycles. The molecule has 0 radical (unpaired) electrons. The standard InChI is InChI=1S/C19H28ClN3O2.ClH/c1-13(2)17(14-5-3-7-16(20)11-14)19(25)23-10-4-6-15(12-23)18(24)22-9-8-21;/h3,5,7,11,13,15,17H,4,6,8-10,12,21H2,1-2H3,(H,22,24);1H. The van der Waals surface area contributed by atoms with E-state index in [0.29, 0.717) is 31.2 Å². The molecule has 146 valence electrons. The number of piperidine rings is 1. The van der Waals surface area contributed by atoms with Gasteiger partial charge in [0.2, 0.25) is 11.8 Å². The van der Waals surface area contributed by atoms with E-state index < -0.39 is 0 Å². The first-order valence-electron chi connectivity index (χ1n) is 8.96. The zero-order valence-electron chi connectivity index (χ0n) is 15.4. The normalized spacial score (nSPS) is 18.2. The first-order valence-corrected chi connectivity index (χ1v) is 9.33. The number of nitrogens with two attached hydrogens (primary N) is 1. The minimum Gasteiger partial charge on any atom is -0.355 e. The second-order valence-corrected chi connectivity index (χ2v) is 7.42. The van der Waals surface area contributed by atoms with Crippen molar-refractivity contribution in [3.05, 3.63) is 34.9 Å². The molecule has 2 rings (SSSR count).